The van der Waals surface area contributed by atoms with Crippen molar-refractivity contribution in [2.75, 3.05) is 6.26 Å². The molecule has 66 valence electrons. The summed E-state index contributed by atoms with van der Waals surface area (Å²) in [6.45, 7) is 0. The van der Waals surface area contributed by atoms with Crippen molar-refractivity contribution in [3.8, 4) is 0 Å². The molecule has 1 aliphatic rings. The van der Waals surface area contributed by atoms with Gasteiger partial charge in [0.25, 0.3) is 0 Å². The monoisotopic (exact) mass is 254 g/mol. The molecule has 0 amide bonds. The molecule has 0 spiro atoms. The third-order valence-corrected chi connectivity index (χ3v) is 2.44. The van der Waals surface area contributed by atoms with Crippen molar-refractivity contribution in [1.29, 1.82) is 0 Å². The van der Waals surface area contributed by atoms with Gasteiger partial charge >= 0.3 is 27.0 Å². The van der Waals surface area contributed by atoms with E-state index in [1.807, 2.05) is 0 Å². The van der Waals surface area contributed by atoms with E-state index in [2.05, 4.69) is 17.7 Å². The predicted molar refractivity (Wildman–Crippen MR) is 53.8 cm³/mol. The molecule has 1 fully saturated rings. The first-order valence-electron chi connectivity index (χ1n) is 4.32. The van der Waals surface area contributed by atoms with Gasteiger partial charge in [0.1, 0.15) is 0 Å². The van der Waals surface area contributed by atoms with Gasteiger partial charge in [0.15, 0.2) is 0 Å². The minimum absolute atomic E-state index is 0.847. The van der Waals surface area contributed by atoms with Crippen LogP contribution in [0.15, 0.2) is 6.08 Å². The van der Waals surface area contributed by atoms with E-state index in [0.29, 0.717) is 0 Å². The second kappa shape index (κ2) is 10.1. The zero-order valence-corrected chi connectivity index (χ0v) is 12.2. The van der Waals surface area contributed by atoms with Crippen molar-refractivity contribution in [2.45, 2.75) is 32.1 Å². The van der Waals surface area contributed by atoms with Gasteiger partial charge in [-0.2, -0.15) is 0 Å². The first-order valence-corrected chi connectivity index (χ1v) is 9.44. The first-order chi connectivity index (χ1) is 5.93. The van der Waals surface area contributed by atoms with Crippen LogP contribution in [0, 0.1) is 11.3 Å². The second-order valence-corrected chi connectivity index (χ2v) is 3.53. The van der Waals surface area contributed by atoms with E-state index in [-0.39, 0.29) is 0 Å². The van der Waals surface area contributed by atoms with Crippen LogP contribution in [-0.4, -0.2) is 6.26 Å². The third-order valence-electron chi connectivity index (χ3n) is 2.07. The average Bonchev–Trinajstić information content (AvgIpc) is 2.19. The Morgan fingerprint density at radius 2 is 1.92 bits per heavy atom. The van der Waals surface area contributed by atoms with E-state index in [1.165, 1.54) is 32.1 Å². The summed E-state index contributed by atoms with van der Waals surface area (Å²) >= 11 is 2.54. The fraction of sp³-hybridized carbons (Fsp3) is 0.778. The van der Waals surface area contributed by atoms with Crippen LogP contribution in [0.4, 0.5) is 0 Å². The minimum atomic E-state index is 0.847. The van der Waals surface area contributed by atoms with E-state index in [0.717, 1.165) is 23.2 Å². The summed E-state index contributed by atoms with van der Waals surface area (Å²) in [4.78, 5) is 0. The van der Waals surface area contributed by atoms with Gasteiger partial charge in [-0.3, -0.25) is 6.08 Å². The summed E-state index contributed by atoms with van der Waals surface area (Å²) in [6.07, 6.45) is 11.4. The molecule has 0 aromatic heterocycles. The second-order valence-electron chi connectivity index (χ2n) is 2.89. The Bertz CT molecular complexity index is 111. The van der Waals surface area contributed by atoms with Crippen molar-refractivity contribution in [2.24, 2.45) is 5.92 Å². The number of allylic oxidation sites excluding steroid dienone is 1. The number of hydrogen-bond donors (Lipinski definition) is 0. The Labute approximate surface area is 94.2 Å². The molecule has 0 atom stereocenters. The van der Waals surface area contributed by atoms with Crippen LogP contribution in [0.5, 0.6) is 0 Å². The molecule has 1 saturated carbocycles. The summed E-state index contributed by atoms with van der Waals surface area (Å²) < 4.78 is 0. The molecule has 0 nitrogen and oxygen atoms in total. The molecule has 3 heteroatoms. The van der Waals surface area contributed by atoms with E-state index in [1.54, 1.807) is 11.8 Å². The van der Waals surface area contributed by atoms with Crippen LogP contribution in [0.2, 0.25) is 0 Å². The Morgan fingerprint density at radius 3 is 2.42 bits per heavy atom. The summed E-state index contributed by atoms with van der Waals surface area (Å²) in [7, 11) is 4.76. The van der Waals surface area contributed by atoms with Gasteiger partial charge in [0, 0.05) is 0 Å². The molecule has 1 rings (SSSR count). The zero-order valence-electron chi connectivity index (χ0n) is 7.68. The quantitative estimate of drug-likeness (QED) is 0.532. The SMILES string of the molecule is CS[C-]=CC1CCCCC1.[Cl][Zn+]. The number of rotatable bonds is 2. The van der Waals surface area contributed by atoms with Crippen LogP contribution in [0.3, 0.4) is 0 Å². The first kappa shape index (κ1) is 13.0. The Hall–Kier alpha value is 1.00. The molecule has 0 aromatic carbocycles. The summed E-state index contributed by atoms with van der Waals surface area (Å²) in [6, 6.07) is 0. The number of halogens is 1. The van der Waals surface area contributed by atoms with Crippen LogP contribution in [-0.2, 0) is 17.3 Å². The predicted octanol–water partition coefficient (Wildman–Crippen LogP) is 3.93. The van der Waals surface area contributed by atoms with Gasteiger partial charge in [-0.25, -0.2) is 0 Å². The van der Waals surface area contributed by atoms with Crippen LogP contribution < -0.4 is 0 Å². The van der Waals surface area contributed by atoms with Crippen LogP contribution in [0.1, 0.15) is 32.1 Å². The van der Waals surface area contributed by atoms with Crippen LogP contribution in [0.25, 0.3) is 0 Å². The molecule has 0 heterocycles. The Balaban J connectivity index is 0.000000561. The molecule has 12 heavy (non-hydrogen) atoms. The Morgan fingerprint density at radius 1 is 1.33 bits per heavy atom. The van der Waals surface area contributed by atoms with Crippen molar-refractivity contribution in [1.82, 2.24) is 0 Å². The van der Waals surface area contributed by atoms with Gasteiger partial charge in [-0.15, -0.1) is 0 Å². The van der Waals surface area contributed by atoms with Gasteiger partial charge < -0.3 is 17.2 Å². The van der Waals surface area contributed by atoms with E-state index in [9.17, 15) is 0 Å². The summed E-state index contributed by atoms with van der Waals surface area (Å²) in [5.74, 6) is 0.848. The van der Waals surface area contributed by atoms with E-state index >= 15 is 0 Å². The topological polar surface area (TPSA) is 0 Å². The molecular formula is C9H15ClSZn. The molecule has 0 N–H and O–H groups in total. The van der Waals surface area contributed by atoms with Crippen LogP contribution >= 0.6 is 21.5 Å². The molecule has 1 aliphatic carbocycles. The normalized spacial score (nSPS) is 19.0. The average molecular weight is 256 g/mol. The standard InChI is InChI=1S/C9H15S.ClH.Zn/c1-10-8-7-9-5-3-2-4-6-9;;/h7,9H,2-6H2,1H3;1H;/q-1;;+2/p-1. The fourth-order valence-electron chi connectivity index (χ4n) is 1.47. The third kappa shape index (κ3) is 6.51. The number of hydrogen-bond acceptors (Lipinski definition) is 1. The summed E-state index contributed by atoms with van der Waals surface area (Å²) in [5.41, 5.74) is 0. The molecule has 0 aliphatic heterocycles. The van der Waals surface area contributed by atoms with Crippen molar-refractivity contribution < 1.29 is 17.3 Å². The van der Waals surface area contributed by atoms with E-state index < -0.39 is 0 Å². The molecule has 0 unspecified atom stereocenters. The van der Waals surface area contributed by atoms with Crippen molar-refractivity contribution in [3.05, 3.63) is 11.5 Å². The zero-order chi connectivity index (χ0) is 9.23. The van der Waals surface area contributed by atoms with Gasteiger partial charge in [-0.1, -0.05) is 25.2 Å². The maximum absolute atomic E-state index is 4.76. The molecule has 0 saturated heterocycles. The number of thioether (sulfide) groups is 1. The molecular weight excluding hydrogens is 241 g/mol. The van der Waals surface area contributed by atoms with Gasteiger partial charge in [0.2, 0.25) is 0 Å². The maximum atomic E-state index is 4.76. The molecule has 0 bridgehead atoms. The molecule has 0 radical (unpaired) electrons. The van der Waals surface area contributed by atoms with E-state index in [4.69, 9.17) is 9.69 Å². The van der Waals surface area contributed by atoms with Gasteiger partial charge in [0.05, 0.1) is 0 Å². The fourth-order valence-corrected chi connectivity index (χ4v) is 1.79. The summed E-state index contributed by atoms with van der Waals surface area (Å²) in [5, 5.41) is 3.21. The van der Waals surface area contributed by atoms with Crippen molar-refractivity contribution in [3.63, 3.8) is 0 Å². The Kier molecular flexibility index (Phi) is 10.9. The van der Waals surface area contributed by atoms with Crippen molar-refractivity contribution >= 4 is 21.5 Å². The van der Waals surface area contributed by atoms with Gasteiger partial charge in [-0.05, 0) is 19.1 Å². The molecule has 0 aromatic rings.